The number of nitrogens with zero attached hydrogens (tertiary/aromatic N) is 1. The van der Waals surface area contributed by atoms with Crippen molar-refractivity contribution in [1.29, 1.82) is 0 Å². The molecule has 1 N–H and O–H groups in total. The molecule has 0 aliphatic heterocycles. The average molecular weight is 338 g/mol. The zero-order valence-electron chi connectivity index (χ0n) is 9.73. The van der Waals surface area contributed by atoms with Gasteiger partial charge < -0.3 is 5.32 Å². The third-order valence-electron chi connectivity index (χ3n) is 2.71. The quantitative estimate of drug-likeness (QED) is 0.863. The zero-order valence-corrected chi connectivity index (χ0v) is 11.9. The van der Waals surface area contributed by atoms with E-state index in [2.05, 4.69) is 70.1 Å². The topological polar surface area (TPSA) is 24.9 Å². The Hall–Kier alpha value is -0.940. The molecule has 0 aliphatic rings. The SMILES string of the molecule is C[C@H](NCc1ccc(I)cc1)c1cccnc1. The standard InChI is InChI=1S/C14H15IN2/c1-11(13-3-2-8-16-10-13)17-9-12-4-6-14(15)7-5-12/h2-8,10-11,17H,9H2,1H3/t11-/m0/s1. The van der Waals surface area contributed by atoms with Gasteiger partial charge in [0, 0.05) is 28.6 Å². The first-order valence-electron chi connectivity index (χ1n) is 5.63. The zero-order chi connectivity index (χ0) is 12.1. The molecule has 1 atom stereocenters. The van der Waals surface area contributed by atoms with Gasteiger partial charge in [0.1, 0.15) is 0 Å². The lowest BCUT2D eigenvalue weighted by atomic mass is 10.1. The monoisotopic (exact) mass is 338 g/mol. The summed E-state index contributed by atoms with van der Waals surface area (Å²) in [5.74, 6) is 0. The van der Waals surface area contributed by atoms with E-state index < -0.39 is 0 Å². The highest BCUT2D eigenvalue weighted by Crippen LogP contribution is 2.12. The highest BCUT2D eigenvalue weighted by Gasteiger charge is 2.03. The Morgan fingerprint density at radius 3 is 2.65 bits per heavy atom. The molecule has 0 spiro atoms. The fourth-order valence-corrected chi connectivity index (χ4v) is 1.98. The van der Waals surface area contributed by atoms with Gasteiger partial charge >= 0.3 is 0 Å². The van der Waals surface area contributed by atoms with E-state index in [1.165, 1.54) is 14.7 Å². The Labute approximate surface area is 116 Å². The molecule has 0 unspecified atom stereocenters. The lowest BCUT2D eigenvalue weighted by Gasteiger charge is -2.13. The summed E-state index contributed by atoms with van der Waals surface area (Å²) in [6.07, 6.45) is 3.71. The molecule has 1 heterocycles. The molecule has 2 nitrogen and oxygen atoms in total. The van der Waals surface area contributed by atoms with E-state index in [1.54, 1.807) is 6.20 Å². The Kier molecular flexibility index (Phi) is 4.50. The van der Waals surface area contributed by atoms with Crippen LogP contribution in [0.25, 0.3) is 0 Å². The second-order valence-electron chi connectivity index (χ2n) is 4.02. The Morgan fingerprint density at radius 2 is 2.00 bits per heavy atom. The van der Waals surface area contributed by atoms with E-state index in [1.807, 2.05) is 12.3 Å². The summed E-state index contributed by atoms with van der Waals surface area (Å²) in [4.78, 5) is 4.13. The second kappa shape index (κ2) is 6.12. The van der Waals surface area contributed by atoms with Crippen molar-refractivity contribution >= 4 is 22.6 Å². The van der Waals surface area contributed by atoms with Crippen LogP contribution in [-0.2, 0) is 6.54 Å². The van der Waals surface area contributed by atoms with Crippen LogP contribution in [0, 0.1) is 3.57 Å². The van der Waals surface area contributed by atoms with E-state index in [0.717, 1.165) is 6.54 Å². The lowest BCUT2D eigenvalue weighted by molar-refractivity contribution is 0.573. The summed E-state index contributed by atoms with van der Waals surface area (Å²) in [7, 11) is 0. The van der Waals surface area contributed by atoms with Gasteiger partial charge in [-0.25, -0.2) is 0 Å². The van der Waals surface area contributed by atoms with Gasteiger partial charge in [0.2, 0.25) is 0 Å². The first-order valence-corrected chi connectivity index (χ1v) is 6.71. The molecule has 0 bridgehead atoms. The summed E-state index contributed by atoms with van der Waals surface area (Å²) in [5.41, 5.74) is 2.53. The molecule has 3 heteroatoms. The number of pyridine rings is 1. The maximum atomic E-state index is 4.13. The largest absolute Gasteiger partial charge is 0.306 e. The van der Waals surface area contributed by atoms with Gasteiger partial charge in [0.15, 0.2) is 0 Å². The Bertz CT molecular complexity index is 453. The van der Waals surface area contributed by atoms with Crippen LogP contribution in [0.2, 0.25) is 0 Å². The maximum absolute atomic E-state index is 4.13. The van der Waals surface area contributed by atoms with Gasteiger partial charge in [-0.3, -0.25) is 4.98 Å². The van der Waals surface area contributed by atoms with Crippen LogP contribution in [0.1, 0.15) is 24.1 Å². The van der Waals surface area contributed by atoms with Crippen molar-refractivity contribution in [3.8, 4) is 0 Å². The normalized spacial score (nSPS) is 12.4. The third kappa shape index (κ3) is 3.78. The number of nitrogens with one attached hydrogen (secondary N) is 1. The van der Waals surface area contributed by atoms with Crippen LogP contribution in [-0.4, -0.2) is 4.98 Å². The molecule has 17 heavy (non-hydrogen) atoms. The van der Waals surface area contributed by atoms with Gasteiger partial charge in [0.05, 0.1) is 0 Å². The fraction of sp³-hybridized carbons (Fsp3) is 0.214. The van der Waals surface area contributed by atoms with Crippen LogP contribution in [0.15, 0.2) is 48.8 Å². The van der Waals surface area contributed by atoms with Crippen LogP contribution in [0.5, 0.6) is 0 Å². The van der Waals surface area contributed by atoms with Crippen LogP contribution in [0.4, 0.5) is 0 Å². The highest BCUT2D eigenvalue weighted by atomic mass is 127. The predicted molar refractivity (Wildman–Crippen MR) is 78.7 cm³/mol. The predicted octanol–water partition coefficient (Wildman–Crippen LogP) is 3.54. The van der Waals surface area contributed by atoms with E-state index >= 15 is 0 Å². The van der Waals surface area contributed by atoms with Crippen molar-refractivity contribution in [3.05, 3.63) is 63.5 Å². The Balaban J connectivity index is 1.92. The molecule has 0 saturated heterocycles. The minimum Gasteiger partial charge on any atom is -0.306 e. The number of hydrogen-bond donors (Lipinski definition) is 1. The summed E-state index contributed by atoms with van der Waals surface area (Å²) in [5, 5.41) is 3.49. The van der Waals surface area contributed by atoms with Crippen molar-refractivity contribution in [2.24, 2.45) is 0 Å². The molecule has 1 aromatic carbocycles. The minimum absolute atomic E-state index is 0.322. The summed E-state index contributed by atoms with van der Waals surface area (Å²) in [6.45, 7) is 3.04. The minimum atomic E-state index is 0.322. The molecule has 2 aromatic rings. The fourth-order valence-electron chi connectivity index (χ4n) is 1.62. The molecular weight excluding hydrogens is 323 g/mol. The van der Waals surface area contributed by atoms with Crippen molar-refractivity contribution in [2.75, 3.05) is 0 Å². The number of rotatable bonds is 4. The van der Waals surface area contributed by atoms with E-state index in [-0.39, 0.29) is 0 Å². The first kappa shape index (κ1) is 12.5. The summed E-state index contributed by atoms with van der Waals surface area (Å²) >= 11 is 2.32. The van der Waals surface area contributed by atoms with Crippen molar-refractivity contribution in [2.45, 2.75) is 19.5 Å². The van der Waals surface area contributed by atoms with E-state index in [4.69, 9.17) is 0 Å². The van der Waals surface area contributed by atoms with Gasteiger partial charge in [-0.2, -0.15) is 0 Å². The molecule has 0 amide bonds. The second-order valence-corrected chi connectivity index (χ2v) is 5.26. The lowest BCUT2D eigenvalue weighted by Crippen LogP contribution is -2.18. The molecule has 0 fully saturated rings. The van der Waals surface area contributed by atoms with Gasteiger partial charge in [0.25, 0.3) is 0 Å². The number of benzene rings is 1. The molecule has 1 aromatic heterocycles. The maximum Gasteiger partial charge on any atom is 0.0315 e. The van der Waals surface area contributed by atoms with Gasteiger partial charge in [-0.05, 0) is 58.8 Å². The van der Waals surface area contributed by atoms with Crippen molar-refractivity contribution in [3.63, 3.8) is 0 Å². The third-order valence-corrected chi connectivity index (χ3v) is 3.43. The number of hydrogen-bond acceptors (Lipinski definition) is 2. The molecule has 0 aliphatic carbocycles. The van der Waals surface area contributed by atoms with Crippen LogP contribution < -0.4 is 5.32 Å². The molecule has 0 saturated carbocycles. The Morgan fingerprint density at radius 1 is 1.24 bits per heavy atom. The summed E-state index contributed by atoms with van der Waals surface area (Å²) < 4.78 is 1.27. The molecular formula is C14H15IN2. The number of aromatic nitrogens is 1. The van der Waals surface area contributed by atoms with Crippen LogP contribution in [0.3, 0.4) is 0 Å². The smallest absolute Gasteiger partial charge is 0.0315 e. The summed E-state index contributed by atoms with van der Waals surface area (Å²) in [6, 6.07) is 13.0. The van der Waals surface area contributed by atoms with Gasteiger partial charge in [-0.15, -0.1) is 0 Å². The van der Waals surface area contributed by atoms with Crippen molar-refractivity contribution in [1.82, 2.24) is 10.3 Å². The molecule has 0 radical (unpaired) electrons. The highest BCUT2D eigenvalue weighted by molar-refractivity contribution is 14.1. The molecule has 2 rings (SSSR count). The number of halogens is 1. The van der Waals surface area contributed by atoms with E-state index in [9.17, 15) is 0 Å². The van der Waals surface area contributed by atoms with Crippen molar-refractivity contribution < 1.29 is 0 Å². The van der Waals surface area contributed by atoms with E-state index in [0.29, 0.717) is 6.04 Å². The molecule has 88 valence electrons. The first-order chi connectivity index (χ1) is 8.25. The van der Waals surface area contributed by atoms with Crippen LogP contribution >= 0.6 is 22.6 Å². The average Bonchev–Trinajstić information content (AvgIpc) is 2.39. The van der Waals surface area contributed by atoms with Gasteiger partial charge in [-0.1, -0.05) is 18.2 Å².